The maximum absolute atomic E-state index is 14.0. The Morgan fingerprint density at radius 1 is 0.949 bits per heavy atom. The summed E-state index contributed by atoms with van der Waals surface area (Å²) in [6.45, 7) is 1.60. The van der Waals surface area contributed by atoms with Crippen molar-refractivity contribution in [3.8, 4) is 28.4 Å². The smallest absolute Gasteiger partial charge is 0.264 e. The lowest BCUT2D eigenvalue weighted by Gasteiger charge is -2.22. The summed E-state index contributed by atoms with van der Waals surface area (Å²) in [7, 11) is -3.72. The Bertz CT molecular complexity index is 1570. The number of hydrogen-bond acceptors (Lipinski definition) is 8. The number of benzene rings is 3. The molecule has 2 N–H and O–H groups in total. The minimum Gasteiger partial charge on any atom is -0.493 e. The Labute approximate surface area is 233 Å². The van der Waals surface area contributed by atoms with Gasteiger partial charge in [-0.2, -0.15) is 0 Å². The van der Waals surface area contributed by atoms with Crippen LogP contribution in [0.3, 0.4) is 0 Å². The Hall–Kier alpha value is -3.19. The summed E-state index contributed by atoms with van der Waals surface area (Å²) in [5.41, 5.74) is 0.608. The average molecular weight is 596 g/mol. The van der Waals surface area contributed by atoms with Gasteiger partial charge in [-0.1, -0.05) is 41.9 Å². The highest BCUT2D eigenvalue weighted by atomic mass is 35.5. The summed E-state index contributed by atoms with van der Waals surface area (Å²) < 4.78 is 74.6. The van der Waals surface area contributed by atoms with E-state index >= 15 is 0 Å². The van der Waals surface area contributed by atoms with Gasteiger partial charge in [0.1, 0.15) is 22.4 Å². The van der Waals surface area contributed by atoms with E-state index in [1.165, 1.54) is 38.5 Å². The van der Waals surface area contributed by atoms with Crippen LogP contribution in [-0.2, 0) is 20.0 Å². The standard InChI is InChI=1S/C26H30ClN3O7S2/c1-30-13-12-19(16-30)37-22-14-18(10-11-21(22)27)28-39(33,34)26-20(17-8-6-5-7-9-17)15-23(35-2)25(36-3)24(26)29-38(4,31)32/h5-11,14-15,19,28-29H,12-13,16H2,1-4H3. The van der Waals surface area contributed by atoms with Crippen molar-refractivity contribution >= 4 is 43.0 Å². The van der Waals surface area contributed by atoms with Crippen LogP contribution in [0.15, 0.2) is 59.5 Å². The normalized spacial score (nSPS) is 16.1. The van der Waals surface area contributed by atoms with Gasteiger partial charge in [0.05, 0.1) is 31.2 Å². The molecule has 1 unspecified atom stereocenters. The van der Waals surface area contributed by atoms with Crippen LogP contribution in [0.5, 0.6) is 17.2 Å². The maximum atomic E-state index is 14.0. The highest BCUT2D eigenvalue weighted by molar-refractivity contribution is 7.93. The third-order valence-corrected chi connectivity index (χ3v) is 8.44. The summed E-state index contributed by atoms with van der Waals surface area (Å²) in [6.07, 6.45) is 1.65. The van der Waals surface area contributed by atoms with E-state index in [9.17, 15) is 16.8 Å². The van der Waals surface area contributed by atoms with E-state index in [0.717, 1.165) is 25.8 Å². The molecule has 0 amide bonds. The van der Waals surface area contributed by atoms with Crippen LogP contribution in [0.25, 0.3) is 11.1 Å². The van der Waals surface area contributed by atoms with Crippen molar-refractivity contribution in [3.63, 3.8) is 0 Å². The number of likely N-dealkylation sites (N-methyl/N-ethyl adjacent to an activating group) is 1. The predicted octanol–water partition coefficient (Wildman–Crippen LogP) is 4.28. The Balaban J connectivity index is 1.86. The second-order valence-corrected chi connectivity index (χ2v) is 12.9. The topological polar surface area (TPSA) is 123 Å². The first kappa shape index (κ1) is 28.8. The van der Waals surface area contributed by atoms with Crippen LogP contribution >= 0.6 is 11.6 Å². The highest BCUT2D eigenvalue weighted by Gasteiger charge is 2.31. The molecule has 13 heteroatoms. The largest absolute Gasteiger partial charge is 0.493 e. The van der Waals surface area contributed by atoms with Crippen LogP contribution in [0.1, 0.15) is 6.42 Å². The molecule has 4 rings (SSSR count). The molecule has 1 fully saturated rings. The lowest BCUT2D eigenvalue weighted by Crippen LogP contribution is -2.22. The zero-order chi connectivity index (χ0) is 28.4. The van der Waals surface area contributed by atoms with E-state index in [1.54, 1.807) is 30.3 Å². The quantitative estimate of drug-likeness (QED) is 0.356. The van der Waals surface area contributed by atoms with Crippen molar-refractivity contribution in [3.05, 3.63) is 59.6 Å². The lowest BCUT2D eigenvalue weighted by molar-refractivity contribution is 0.208. The first-order valence-electron chi connectivity index (χ1n) is 11.9. The summed E-state index contributed by atoms with van der Waals surface area (Å²) in [5, 5.41) is 0.336. The van der Waals surface area contributed by atoms with Crippen molar-refractivity contribution < 1.29 is 31.0 Å². The van der Waals surface area contributed by atoms with Gasteiger partial charge in [-0.05, 0) is 37.2 Å². The summed E-state index contributed by atoms with van der Waals surface area (Å²) in [6, 6.07) is 14.7. The molecule has 1 heterocycles. The highest BCUT2D eigenvalue weighted by Crippen LogP contribution is 2.47. The molecular weight excluding hydrogens is 566 g/mol. The Kier molecular flexibility index (Phi) is 8.50. The zero-order valence-corrected chi connectivity index (χ0v) is 24.3. The molecule has 0 aromatic heterocycles. The van der Waals surface area contributed by atoms with Gasteiger partial charge in [0.25, 0.3) is 10.0 Å². The fourth-order valence-corrected chi connectivity index (χ4v) is 6.61. The van der Waals surface area contributed by atoms with Crippen molar-refractivity contribution in [1.82, 2.24) is 4.90 Å². The molecule has 0 bridgehead atoms. The first-order chi connectivity index (χ1) is 18.4. The van der Waals surface area contributed by atoms with Gasteiger partial charge in [-0.3, -0.25) is 9.44 Å². The van der Waals surface area contributed by atoms with E-state index in [1.807, 2.05) is 7.05 Å². The third kappa shape index (κ3) is 6.70. The van der Waals surface area contributed by atoms with Gasteiger partial charge in [0.15, 0.2) is 11.5 Å². The second kappa shape index (κ2) is 11.5. The van der Waals surface area contributed by atoms with Crippen molar-refractivity contribution in [1.29, 1.82) is 0 Å². The number of nitrogens with one attached hydrogen (secondary N) is 2. The van der Waals surface area contributed by atoms with E-state index in [2.05, 4.69) is 14.3 Å². The molecule has 210 valence electrons. The van der Waals surface area contributed by atoms with E-state index in [-0.39, 0.29) is 39.4 Å². The van der Waals surface area contributed by atoms with Gasteiger partial charge in [0.2, 0.25) is 10.0 Å². The average Bonchev–Trinajstić information content (AvgIpc) is 3.29. The third-order valence-electron chi connectivity index (χ3n) is 6.09. The van der Waals surface area contributed by atoms with Crippen LogP contribution < -0.4 is 23.7 Å². The van der Waals surface area contributed by atoms with Crippen LogP contribution in [-0.4, -0.2) is 68.5 Å². The molecule has 3 aromatic rings. The molecule has 0 saturated carbocycles. The molecule has 39 heavy (non-hydrogen) atoms. The number of nitrogens with zero attached hydrogens (tertiary/aromatic N) is 1. The monoisotopic (exact) mass is 595 g/mol. The molecule has 1 aliphatic heterocycles. The number of sulfonamides is 2. The van der Waals surface area contributed by atoms with E-state index < -0.39 is 20.0 Å². The molecule has 3 aromatic carbocycles. The molecular formula is C26H30ClN3O7S2. The minimum absolute atomic E-state index is 0.0829. The number of hydrogen-bond donors (Lipinski definition) is 2. The van der Waals surface area contributed by atoms with Crippen LogP contribution in [0.2, 0.25) is 5.02 Å². The second-order valence-electron chi connectivity index (χ2n) is 9.15. The number of methoxy groups -OCH3 is 2. The van der Waals surface area contributed by atoms with Crippen molar-refractivity contribution in [2.24, 2.45) is 0 Å². The number of anilines is 2. The fourth-order valence-electron chi connectivity index (χ4n) is 4.40. The Morgan fingerprint density at radius 2 is 1.67 bits per heavy atom. The summed E-state index contributed by atoms with van der Waals surface area (Å²) >= 11 is 6.35. The Morgan fingerprint density at radius 3 is 2.26 bits per heavy atom. The lowest BCUT2D eigenvalue weighted by atomic mass is 10.0. The molecule has 10 nitrogen and oxygen atoms in total. The van der Waals surface area contributed by atoms with Gasteiger partial charge < -0.3 is 19.1 Å². The van der Waals surface area contributed by atoms with Crippen molar-refractivity contribution in [2.75, 3.05) is 50.1 Å². The van der Waals surface area contributed by atoms with E-state index in [0.29, 0.717) is 16.3 Å². The SMILES string of the molecule is COc1cc(-c2ccccc2)c(S(=O)(=O)Nc2ccc(Cl)c(OC3CCN(C)C3)c2)c(NS(C)(=O)=O)c1OC. The minimum atomic E-state index is -4.44. The molecule has 1 atom stereocenters. The molecule has 0 spiro atoms. The number of likely N-dealkylation sites (tertiary alicyclic amines) is 1. The molecule has 0 aliphatic carbocycles. The maximum Gasteiger partial charge on any atom is 0.264 e. The molecule has 1 saturated heterocycles. The first-order valence-corrected chi connectivity index (χ1v) is 15.7. The number of rotatable bonds is 10. The summed E-state index contributed by atoms with van der Waals surface area (Å²) in [4.78, 5) is 1.79. The predicted molar refractivity (Wildman–Crippen MR) is 152 cm³/mol. The zero-order valence-electron chi connectivity index (χ0n) is 21.9. The van der Waals surface area contributed by atoms with Gasteiger partial charge in [0, 0.05) is 24.7 Å². The molecule has 1 aliphatic rings. The number of ether oxygens (including phenoxy) is 3. The molecule has 0 radical (unpaired) electrons. The van der Waals surface area contributed by atoms with Crippen LogP contribution in [0, 0.1) is 0 Å². The van der Waals surface area contributed by atoms with E-state index in [4.69, 9.17) is 25.8 Å². The fraction of sp³-hybridized carbons (Fsp3) is 0.308. The van der Waals surface area contributed by atoms with Crippen LogP contribution in [0.4, 0.5) is 11.4 Å². The van der Waals surface area contributed by atoms with Gasteiger partial charge in [-0.25, -0.2) is 16.8 Å². The van der Waals surface area contributed by atoms with Crippen molar-refractivity contribution in [2.45, 2.75) is 17.4 Å². The summed E-state index contributed by atoms with van der Waals surface area (Å²) in [5.74, 6) is 0.390. The van der Waals surface area contributed by atoms with Gasteiger partial charge in [-0.15, -0.1) is 0 Å². The number of halogens is 1. The van der Waals surface area contributed by atoms with Gasteiger partial charge >= 0.3 is 0 Å².